The second kappa shape index (κ2) is 2.70. The van der Waals surface area contributed by atoms with Crippen LogP contribution in [-0.2, 0) is 13.6 Å². The van der Waals surface area contributed by atoms with Crippen LogP contribution in [0.4, 0.5) is 0 Å². The summed E-state index contributed by atoms with van der Waals surface area (Å²) in [6.07, 6.45) is 1.71. The lowest BCUT2D eigenvalue weighted by atomic mass is 10.3. The third-order valence-corrected chi connectivity index (χ3v) is 1.38. The topological polar surface area (TPSA) is 49.8 Å². The molecule has 0 aliphatic rings. The molecule has 56 valence electrons. The first-order valence-corrected chi connectivity index (χ1v) is 3.13. The molecule has 0 saturated carbocycles. The largest absolute Gasteiger partial charge is 0.315 e. The molecular weight excluding hydrogens is 130 g/mol. The Morgan fingerprint density at radius 2 is 2.50 bits per heavy atom. The van der Waals surface area contributed by atoms with E-state index in [0.717, 1.165) is 5.56 Å². The Bertz CT molecular complexity index is 260. The Kier molecular flexibility index (Phi) is 1.91. The minimum Gasteiger partial charge on any atom is -0.315 e. The number of aromatic amines is 1. The Labute approximate surface area is 58.8 Å². The number of hydrogen-bond acceptors (Lipinski definition) is 2. The molecule has 4 nitrogen and oxygen atoms in total. The van der Waals surface area contributed by atoms with Crippen molar-refractivity contribution in [1.29, 1.82) is 0 Å². The highest BCUT2D eigenvalue weighted by atomic mass is 16.1. The predicted octanol–water partition coefficient (Wildman–Crippen LogP) is -0.567. The van der Waals surface area contributed by atoms with Crippen LogP contribution in [0, 0.1) is 0 Å². The van der Waals surface area contributed by atoms with E-state index in [1.807, 2.05) is 7.05 Å². The maximum absolute atomic E-state index is 11.1. The summed E-state index contributed by atoms with van der Waals surface area (Å²) in [5.41, 5.74) is 0.805. The van der Waals surface area contributed by atoms with Crippen molar-refractivity contribution < 1.29 is 0 Å². The fourth-order valence-corrected chi connectivity index (χ4v) is 0.828. The average Bonchev–Trinajstić information content (AvgIpc) is 2.20. The Morgan fingerprint density at radius 1 is 1.80 bits per heavy atom. The second-order valence-corrected chi connectivity index (χ2v) is 2.19. The number of aromatic nitrogens is 2. The van der Waals surface area contributed by atoms with Crippen molar-refractivity contribution in [3.05, 3.63) is 22.1 Å². The van der Waals surface area contributed by atoms with E-state index in [4.69, 9.17) is 0 Å². The van der Waals surface area contributed by atoms with E-state index in [-0.39, 0.29) is 5.56 Å². The molecule has 1 aromatic rings. The van der Waals surface area contributed by atoms with Gasteiger partial charge in [0.15, 0.2) is 0 Å². The SMILES string of the molecule is CNCc1c[nH]n(C)c1=O. The molecule has 0 aliphatic heterocycles. The summed E-state index contributed by atoms with van der Waals surface area (Å²) in [7, 11) is 3.51. The summed E-state index contributed by atoms with van der Waals surface area (Å²) in [6.45, 7) is 0.621. The van der Waals surface area contributed by atoms with Gasteiger partial charge < -0.3 is 10.4 Å². The van der Waals surface area contributed by atoms with Crippen LogP contribution in [0.1, 0.15) is 5.56 Å². The summed E-state index contributed by atoms with van der Waals surface area (Å²) in [5, 5.41) is 5.69. The number of nitrogens with one attached hydrogen (secondary N) is 2. The molecule has 0 saturated heterocycles. The first-order chi connectivity index (χ1) is 4.75. The van der Waals surface area contributed by atoms with Crippen molar-refractivity contribution in [3.8, 4) is 0 Å². The van der Waals surface area contributed by atoms with Crippen molar-refractivity contribution in [2.24, 2.45) is 7.05 Å². The van der Waals surface area contributed by atoms with Crippen molar-refractivity contribution in [1.82, 2.24) is 15.1 Å². The highest BCUT2D eigenvalue weighted by Gasteiger charge is 1.99. The summed E-state index contributed by atoms with van der Waals surface area (Å²) in [5.74, 6) is 0. The van der Waals surface area contributed by atoms with Crippen LogP contribution < -0.4 is 10.9 Å². The fraction of sp³-hybridized carbons (Fsp3) is 0.500. The Hall–Kier alpha value is -1.03. The lowest BCUT2D eigenvalue weighted by Gasteiger charge is -1.89. The van der Waals surface area contributed by atoms with Crippen molar-refractivity contribution in [2.75, 3.05) is 7.05 Å². The van der Waals surface area contributed by atoms with Crippen LogP contribution in [0.25, 0.3) is 0 Å². The maximum Gasteiger partial charge on any atom is 0.270 e. The summed E-state index contributed by atoms with van der Waals surface area (Å²) >= 11 is 0. The molecule has 0 bridgehead atoms. The zero-order chi connectivity index (χ0) is 7.56. The maximum atomic E-state index is 11.1. The molecule has 4 heteroatoms. The van der Waals surface area contributed by atoms with Crippen LogP contribution in [0.2, 0.25) is 0 Å². The normalized spacial score (nSPS) is 10.2. The zero-order valence-electron chi connectivity index (χ0n) is 6.14. The van der Waals surface area contributed by atoms with Crippen LogP contribution in [-0.4, -0.2) is 16.8 Å². The quantitative estimate of drug-likeness (QED) is 0.579. The molecule has 2 N–H and O–H groups in total. The smallest absolute Gasteiger partial charge is 0.270 e. The minimum absolute atomic E-state index is 0.0364. The molecule has 10 heavy (non-hydrogen) atoms. The molecule has 1 rings (SSSR count). The number of rotatable bonds is 2. The molecule has 0 aliphatic carbocycles. The highest BCUT2D eigenvalue weighted by molar-refractivity contribution is 5.03. The number of nitrogens with zero attached hydrogens (tertiary/aromatic N) is 1. The number of H-pyrrole nitrogens is 1. The summed E-state index contributed by atoms with van der Waals surface area (Å²) < 4.78 is 1.45. The van der Waals surface area contributed by atoms with Crippen LogP contribution in [0.5, 0.6) is 0 Å². The number of aryl methyl sites for hydroxylation is 1. The van der Waals surface area contributed by atoms with E-state index in [9.17, 15) is 4.79 Å². The first kappa shape index (κ1) is 7.08. The third-order valence-electron chi connectivity index (χ3n) is 1.38. The Morgan fingerprint density at radius 3 is 2.90 bits per heavy atom. The molecule has 0 spiro atoms. The molecular formula is C6H11N3O. The van der Waals surface area contributed by atoms with Crippen molar-refractivity contribution in [2.45, 2.75) is 6.54 Å². The molecule has 1 heterocycles. The van der Waals surface area contributed by atoms with Gasteiger partial charge in [-0.3, -0.25) is 9.48 Å². The molecule has 0 fully saturated rings. The molecule has 1 aromatic heterocycles. The Balaban J connectivity index is 2.95. The van der Waals surface area contributed by atoms with Gasteiger partial charge in [0, 0.05) is 19.8 Å². The van der Waals surface area contributed by atoms with E-state index < -0.39 is 0 Å². The van der Waals surface area contributed by atoms with E-state index in [1.54, 1.807) is 13.2 Å². The summed E-state index contributed by atoms with van der Waals surface area (Å²) in [6, 6.07) is 0. The van der Waals surface area contributed by atoms with Crippen molar-refractivity contribution in [3.63, 3.8) is 0 Å². The molecule has 0 aromatic carbocycles. The van der Waals surface area contributed by atoms with E-state index in [2.05, 4.69) is 10.4 Å². The third kappa shape index (κ3) is 1.11. The van der Waals surface area contributed by atoms with Gasteiger partial charge in [-0.1, -0.05) is 0 Å². The molecule has 0 unspecified atom stereocenters. The first-order valence-electron chi connectivity index (χ1n) is 3.13. The molecule has 0 amide bonds. The molecule has 0 radical (unpaired) electrons. The van der Waals surface area contributed by atoms with Gasteiger partial charge >= 0.3 is 0 Å². The summed E-state index contributed by atoms with van der Waals surface area (Å²) in [4.78, 5) is 11.1. The highest BCUT2D eigenvalue weighted by Crippen LogP contribution is 1.84. The standard InChI is InChI=1S/C6H11N3O/c1-7-3-5-4-8-9(2)6(5)10/h4,7-8H,3H2,1-2H3. The lowest BCUT2D eigenvalue weighted by molar-refractivity contribution is 0.732. The van der Waals surface area contributed by atoms with Crippen LogP contribution >= 0.6 is 0 Å². The van der Waals surface area contributed by atoms with Crippen molar-refractivity contribution >= 4 is 0 Å². The van der Waals surface area contributed by atoms with Gasteiger partial charge in [-0.05, 0) is 7.05 Å². The van der Waals surface area contributed by atoms with E-state index >= 15 is 0 Å². The van der Waals surface area contributed by atoms with Gasteiger partial charge in [0.05, 0.1) is 5.56 Å². The molecule has 0 atom stereocenters. The van der Waals surface area contributed by atoms with Gasteiger partial charge in [0.25, 0.3) is 5.56 Å². The fourth-order valence-electron chi connectivity index (χ4n) is 0.828. The minimum atomic E-state index is 0.0364. The van der Waals surface area contributed by atoms with Crippen LogP contribution in [0.3, 0.4) is 0 Å². The van der Waals surface area contributed by atoms with Gasteiger partial charge in [0.1, 0.15) is 0 Å². The van der Waals surface area contributed by atoms with Gasteiger partial charge in [-0.2, -0.15) is 0 Å². The van der Waals surface area contributed by atoms with Gasteiger partial charge in [-0.15, -0.1) is 0 Å². The zero-order valence-corrected chi connectivity index (χ0v) is 6.14. The average molecular weight is 141 g/mol. The van der Waals surface area contributed by atoms with Gasteiger partial charge in [0.2, 0.25) is 0 Å². The van der Waals surface area contributed by atoms with E-state index in [0.29, 0.717) is 6.54 Å². The second-order valence-electron chi connectivity index (χ2n) is 2.19. The van der Waals surface area contributed by atoms with Crippen LogP contribution in [0.15, 0.2) is 11.0 Å². The van der Waals surface area contributed by atoms with E-state index in [1.165, 1.54) is 4.68 Å². The predicted molar refractivity (Wildman–Crippen MR) is 38.8 cm³/mol. The lowest BCUT2D eigenvalue weighted by Crippen LogP contribution is -2.18. The monoisotopic (exact) mass is 141 g/mol. The number of hydrogen-bond donors (Lipinski definition) is 2. The van der Waals surface area contributed by atoms with Gasteiger partial charge in [-0.25, -0.2) is 0 Å².